The van der Waals surface area contributed by atoms with Gasteiger partial charge in [0, 0.05) is 12.7 Å². The second-order valence-corrected chi connectivity index (χ2v) is 10.9. The Morgan fingerprint density at radius 1 is 1.00 bits per heavy atom. The van der Waals surface area contributed by atoms with Gasteiger partial charge in [0.05, 0.1) is 16.9 Å². The molecule has 1 aliphatic rings. The zero-order chi connectivity index (χ0) is 23.6. The number of carbonyl (C=O) groups excluding carboxylic acids is 3. The van der Waals surface area contributed by atoms with Crippen molar-refractivity contribution in [3.8, 4) is 0 Å². The smallest absolute Gasteiger partial charge is 0.262 e. The van der Waals surface area contributed by atoms with E-state index in [0.717, 1.165) is 16.7 Å². The zero-order valence-corrected chi connectivity index (χ0v) is 19.2. The first-order valence-electron chi connectivity index (χ1n) is 10.0. The number of imide groups is 1. The molecule has 0 spiro atoms. The Hall–Kier alpha value is -3.44. The van der Waals surface area contributed by atoms with Gasteiger partial charge in [0.1, 0.15) is 20.9 Å². The molecular weight excluding hydrogens is 464 g/mol. The monoisotopic (exact) mass is 484 g/mol. The van der Waals surface area contributed by atoms with Crippen LogP contribution in [0.2, 0.25) is 0 Å². The van der Waals surface area contributed by atoms with E-state index in [4.69, 9.17) is 0 Å². The fraction of sp³-hybridized carbons (Fsp3) is 0.227. The van der Waals surface area contributed by atoms with Crippen molar-refractivity contribution < 1.29 is 22.8 Å². The second kappa shape index (κ2) is 9.20. The third kappa shape index (κ3) is 5.15. The number of sulfone groups is 1. The first-order valence-corrected chi connectivity index (χ1v) is 12.9. The van der Waals surface area contributed by atoms with Crippen LogP contribution in [0.1, 0.15) is 37.7 Å². The topological polar surface area (TPSA) is 126 Å². The summed E-state index contributed by atoms with van der Waals surface area (Å²) < 4.78 is 23.5. The lowest BCUT2D eigenvalue weighted by Gasteiger charge is -2.24. The molecule has 1 N–H and O–H groups in total. The van der Waals surface area contributed by atoms with E-state index >= 15 is 0 Å². The summed E-state index contributed by atoms with van der Waals surface area (Å²) in [5, 5.41) is 11.5. The van der Waals surface area contributed by atoms with Gasteiger partial charge >= 0.3 is 0 Å². The first-order chi connectivity index (χ1) is 15.7. The molecule has 11 heteroatoms. The van der Waals surface area contributed by atoms with Gasteiger partial charge in [-0.3, -0.25) is 24.6 Å². The van der Waals surface area contributed by atoms with Gasteiger partial charge in [-0.25, -0.2) is 8.42 Å². The van der Waals surface area contributed by atoms with Gasteiger partial charge in [-0.1, -0.05) is 53.8 Å². The highest BCUT2D eigenvalue weighted by Crippen LogP contribution is 2.27. The van der Waals surface area contributed by atoms with Crippen molar-refractivity contribution in [1.29, 1.82) is 0 Å². The molecule has 3 aromatic rings. The van der Waals surface area contributed by atoms with E-state index in [2.05, 4.69) is 15.5 Å². The molecule has 0 radical (unpaired) electrons. The lowest BCUT2D eigenvalue weighted by Crippen LogP contribution is -2.48. The van der Waals surface area contributed by atoms with Crippen LogP contribution in [0.15, 0.2) is 54.6 Å². The SMILES string of the molecule is CS(=O)(=O)CCC(C(=O)Nc1nnc(Cc2ccccc2)s1)N1C(=O)c2ccccc2C1=O. The largest absolute Gasteiger partial charge is 0.299 e. The lowest BCUT2D eigenvalue weighted by atomic mass is 10.1. The van der Waals surface area contributed by atoms with Crippen molar-refractivity contribution in [3.05, 3.63) is 76.3 Å². The van der Waals surface area contributed by atoms with Crippen molar-refractivity contribution in [1.82, 2.24) is 15.1 Å². The van der Waals surface area contributed by atoms with E-state index < -0.39 is 33.6 Å². The minimum Gasteiger partial charge on any atom is -0.299 e. The van der Waals surface area contributed by atoms with Crippen molar-refractivity contribution in [3.63, 3.8) is 0 Å². The second-order valence-electron chi connectivity index (χ2n) is 7.61. The average molecular weight is 485 g/mol. The molecule has 33 heavy (non-hydrogen) atoms. The summed E-state index contributed by atoms with van der Waals surface area (Å²) in [5.41, 5.74) is 1.39. The Morgan fingerprint density at radius 2 is 1.61 bits per heavy atom. The maximum atomic E-state index is 13.1. The van der Waals surface area contributed by atoms with E-state index in [1.807, 2.05) is 30.3 Å². The molecule has 1 atom stereocenters. The third-order valence-corrected chi connectivity index (χ3v) is 6.91. The summed E-state index contributed by atoms with van der Waals surface area (Å²) >= 11 is 1.17. The van der Waals surface area contributed by atoms with E-state index in [1.165, 1.54) is 23.5 Å². The van der Waals surface area contributed by atoms with Crippen molar-refractivity contribution in [2.75, 3.05) is 17.3 Å². The normalized spacial score (nSPS) is 14.3. The van der Waals surface area contributed by atoms with Gasteiger partial charge in [0.15, 0.2) is 0 Å². The maximum absolute atomic E-state index is 13.1. The summed E-state index contributed by atoms with van der Waals surface area (Å²) in [5.74, 6) is -2.33. The Kier molecular flexibility index (Phi) is 6.34. The van der Waals surface area contributed by atoms with Crippen LogP contribution in [0.5, 0.6) is 0 Å². The predicted molar refractivity (Wildman–Crippen MR) is 123 cm³/mol. The minimum atomic E-state index is -3.44. The van der Waals surface area contributed by atoms with Crippen LogP contribution in [0.4, 0.5) is 5.13 Å². The fourth-order valence-corrected chi connectivity index (χ4v) is 4.96. The molecule has 0 fully saturated rings. The number of fused-ring (bicyclic) bond motifs is 1. The minimum absolute atomic E-state index is 0.181. The Labute approximate surface area is 194 Å². The highest BCUT2D eigenvalue weighted by atomic mass is 32.2. The third-order valence-electron chi connectivity index (χ3n) is 5.10. The molecule has 170 valence electrons. The predicted octanol–water partition coefficient (Wildman–Crippen LogP) is 2.17. The summed E-state index contributed by atoms with van der Waals surface area (Å²) in [7, 11) is -3.44. The van der Waals surface area contributed by atoms with Crippen LogP contribution >= 0.6 is 11.3 Å². The molecule has 3 amide bonds. The number of amides is 3. The molecule has 2 aromatic carbocycles. The van der Waals surface area contributed by atoms with Crippen LogP contribution in [0.25, 0.3) is 0 Å². The van der Waals surface area contributed by atoms with Crippen LogP contribution in [-0.2, 0) is 21.1 Å². The van der Waals surface area contributed by atoms with Crippen LogP contribution in [0, 0.1) is 0 Å². The highest BCUT2D eigenvalue weighted by Gasteiger charge is 2.43. The van der Waals surface area contributed by atoms with E-state index in [9.17, 15) is 22.8 Å². The maximum Gasteiger partial charge on any atom is 0.262 e. The van der Waals surface area contributed by atoms with E-state index in [0.29, 0.717) is 11.4 Å². The number of nitrogens with zero attached hydrogens (tertiary/aromatic N) is 3. The van der Waals surface area contributed by atoms with Gasteiger partial charge in [0.25, 0.3) is 11.8 Å². The molecule has 0 aliphatic carbocycles. The van der Waals surface area contributed by atoms with Crippen molar-refractivity contribution in [2.45, 2.75) is 18.9 Å². The highest BCUT2D eigenvalue weighted by molar-refractivity contribution is 7.90. The zero-order valence-electron chi connectivity index (χ0n) is 17.6. The Bertz CT molecular complexity index is 1290. The van der Waals surface area contributed by atoms with E-state index in [1.54, 1.807) is 12.1 Å². The molecule has 1 aliphatic heterocycles. The number of rotatable bonds is 8. The van der Waals surface area contributed by atoms with Gasteiger partial charge in [-0.2, -0.15) is 0 Å². The molecule has 0 saturated heterocycles. The number of carbonyl (C=O) groups is 3. The standard InChI is InChI=1S/C22H20N4O5S2/c1-33(30,31)12-11-17(26-20(28)15-9-5-6-10-16(15)21(26)29)19(27)23-22-25-24-18(32-22)13-14-7-3-2-4-8-14/h2-10,17H,11-13H2,1H3,(H,23,25,27). The fourth-order valence-electron chi connectivity index (χ4n) is 3.53. The first kappa shape index (κ1) is 22.7. The summed E-state index contributed by atoms with van der Waals surface area (Å²) in [4.78, 5) is 39.7. The number of aromatic nitrogens is 2. The average Bonchev–Trinajstić information content (AvgIpc) is 3.31. The molecule has 0 saturated carbocycles. The molecule has 9 nitrogen and oxygen atoms in total. The number of hydrogen-bond acceptors (Lipinski definition) is 8. The number of nitrogens with one attached hydrogen (secondary N) is 1. The number of benzene rings is 2. The summed E-state index contributed by atoms with van der Waals surface area (Å²) in [6.07, 6.45) is 1.33. The van der Waals surface area contributed by atoms with Crippen LogP contribution in [0.3, 0.4) is 0 Å². The summed E-state index contributed by atoms with van der Waals surface area (Å²) in [6, 6.07) is 14.6. The molecule has 1 aromatic heterocycles. The van der Waals surface area contributed by atoms with Gasteiger partial charge in [-0.15, -0.1) is 10.2 Å². The van der Waals surface area contributed by atoms with Crippen LogP contribution in [-0.4, -0.2) is 59.3 Å². The quantitative estimate of drug-likeness (QED) is 0.486. The van der Waals surface area contributed by atoms with Gasteiger partial charge < -0.3 is 0 Å². The molecule has 1 unspecified atom stereocenters. The number of hydrogen-bond donors (Lipinski definition) is 1. The van der Waals surface area contributed by atoms with Crippen molar-refractivity contribution in [2.24, 2.45) is 0 Å². The Balaban J connectivity index is 1.55. The summed E-state index contributed by atoms with van der Waals surface area (Å²) in [6.45, 7) is 0. The van der Waals surface area contributed by atoms with Crippen molar-refractivity contribution >= 4 is 44.0 Å². The molecule has 0 bridgehead atoms. The van der Waals surface area contributed by atoms with Gasteiger partial charge in [0.2, 0.25) is 11.0 Å². The number of anilines is 1. The molecular formula is C22H20N4O5S2. The van der Waals surface area contributed by atoms with Crippen LogP contribution < -0.4 is 5.32 Å². The molecule has 2 heterocycles. The Morgan fingerprint density at radius 3 is 2.21 bits per heavy atom. The lowest BCUT2D eigenvalue weighted by molar-refractivity contribution is -0.120. The molecule has 4 rings (SSSR count). The van der Waals surface area contributed by atoms with E-state index in [-0.39, 0.29) is 28.4 Å². The van der Waals surface area contributed by atoms with Gasteiger partial charge in [-0.05, 0) is 24.1 Å².